The SMILES string of the molecule is O=C(O)CC(=O)OC(=O)C(F)(F)F. The number of halogens is 3. The minimum Gasteiger partial charge on any atom is -0.481 e. The Morgan fingerprint density at radius 3 is 2.00 bits per heavy atom. The van der Waals surface area contributed by atoms with E-state index in [4.69, 9.17) is 5.11 Å². The van der Waals surface area contributed by atoms with Crippen LogP contribution in [0.4, 0.5) is 13.2 Å². The summed E-state index contributed by atoms with van der Waals surface area (Å²) in [6.45, 7) is 0. The summed E-state index contributed by atoms with van der Waals surface area (Å²) in [6, 6.07) is 0. The van der Waals surface area contributed by atoms with Gasteiger partial charge in [-0.3, -0.25) is 9.59 Å². The van der Waals surface area contributed by atoms with E-state index < -0.39 is 30.5 Å². The Kier molecular flexibility index (Phi) is 3.40. The van der Waals surface area contributed by atoms with Crippen LogP contribution >= 0.6 is 0 Å². The first-order chi connectivity index (χ1) is 5.73. The maximum Gasteiger partial charge on any atom is 0.491 e. The number of ether oxygens (including phenoxy) is 1. The number of hydrogen-bond acceptors (Lipinski definition) is 4. The summed E-state index contributed by atoms with van der Waals surface area (Å²) in [5.74, 6) is -6.16. The van der Waals surface area contributed by atoms with Gasteiger partial charge in [0.2, 0.25) is 0 Å². The van der Waals surface area contributed by atoms with Gasteiger partial charge >= 0.3 is 24.1 Å². The van der Waals surface area contributed by atoms with E-state index in [-0.39, 0.29) is 0 Å². The van der Waals surface area contributed by atoms with Gasteiger partial charge in [0.05, 0.1) is 0 Å². The summed E-state index contributed by atoms with van der Waals surface area (Å²) >= 11 is 0. The number of alkyl halides is 3. The Bertz CT molecular complexity index is 243. The van der Waals surface area contributed by atoms with Crippen LogP contribution < -0.4 is 0 Å². The maximum atomic E-state index is 11.4. The minimum absolute atomic E-state index is 1.29. The zero-order valence-electron chi connectivity index (χ0n) is 5.92. The van der Waals surface area contributed by atoms with Crippen molar-refractivity contribution in [3.8, 4) is 0 Å². The van der Waals surface area contributed by atoms with E-state index in [1.54, 1.807) is 0 Å². The van der Waals surface area contributed by atoms with E-state index in [9.17, 15) is 27.6 Å². The third kappa shape index (κ3) is 4.77. The molecular formula is C5H3F3O5. The topological polar surface area (TPSA) is 80.7 Å². The number of carboxylic acid groups (broad SMARTS) is 1. The second-order valence-electron chi connectivity index (χ2n) is 1.83. The molecule has 0 saturated carbocycles. The predicted molar refractivity (Wildman–Crippen MR) is 29.4 cm³/mol. The Labute approximate surface area is 69.1 Å². The second-order valence-corrected chi connectivity index (χ2v) is 1.83. The number of carbonyl (C=O) groups is 3. The van der Waals surface area contributed by atoms with Crippen molar-refractivity contribution in [2.24, 2.45) is 0 Å². The summed E-state index contributed by atoms with van der Waals surface area (Å²) in [5.41, 5.74) is 0. The van der Waals surface area contributed by atoms with Crippen molar-refractivity contribution in [1.82, 2.24) is 0 Å². The lowest BCUT2D eigenvalue weighted by Gasteiger charge is -2.03. The van der Waals surface area contributed by atoms with Crippen LogP contribution in [0.15, 0.2) is 0 Å². The lowest BCUT2D eigenvalue weighted by molar-refractivity contribution is -0.202. The Morgan fingerprint density at radius 1 is 1.23 bits per heavy atom. The largest absolute Gasteiger partial charge is 0.491 e. The van der Waals surface area contributed by atoms with Gasteiger partial charge in [-0.05, 0) is 0 Å². The molecule has 0 aliphatic heterocycles. The number of aliphatic carboxylic acids is 1. The van der Waals surface area contributed by atoms with E-state index in [0.717, 1.165) is 0 Å². The zero-order chi connectivity index (χ0) is 10.6. The molecule has 74 valence electrons. The van der Waals surface area contributed by atoms with Gasteiger partial charge < -0.3 is 9.84 Å². The van der Waals surface area contributed by atoms with Crippen molar-refractivity contribution in [2.45, 2.75) is 12.6 Å². The molecule has 8 heteroatoms. The van der Waals surface area contributed by atoms with E-state index in [1.165, 1.54) is 0 Å². The van der Waals surface area contributed by atoms with Gasteiger partial charge in [0.15, 0.2) is 0 Å². The molecule has 0 rings (SSSR count). The summed E-state index contributed by atoms with van der Waals surface area (Å²) in [6.07, 6.45) is -6.59. The number of hydrogen-bond donors (Lipinski definition) is 1. The predicted octanol–water partition coefficient (Wildman–Crippen LogP) is 0.0932. The molecule has 0 amide bonds. The highest BCUT2D eigenvalue weighted by atomic mass is 19.4. The fraction of sp³-hybridized carbons (Fsp3) is 0.400. The highest BCUT2D eigenvalue weighted by molar-refractivity contribution is 5.96. The molecule has 0 aromatic carbocycles. The molecule has 5 nitrogen and oxygen atoms in total. The third-order valence-electron chi connectivity index (χ3n) is 0.734. The van der Waals surface area contributed by atoms with Crippen molar-refractivity contribution in [2.75, 3.05) is 0 Å². The summed E-state index contributed by atoms with van der Waals surface area (Å²) in [5, 5.41) is 7.91. The van der Waals surface area contributed by atoms with Crippen molar-refractivity contribution >= 4 is 17.9 Å². The van der Waals surface area contributed by atoms with Gasteiger partial charge in [-0.1, -0.05) is 0 Å². The van der Waals surface area contributed by atoms with Crippen LogP contribution in [-0.2, 0) is 19.1 Å². The highest BCUT2D eigenvalue weighted by Crippen LogP contribution is 2.16. The second kappa shape index (κ2) is 3.87. The Morgan fingerprint density at radius 2 is 1.69 bits per heavy atom. The van der Waals surface area contributed by atoms with Crippen LogP contribution in [0.1, 0.15) is 6.42 Å². The molecule has 0 spiro atoms. The van der Waals surface area contributed by atoms with Crippen LogP contribution in [0.3, 0.4) is 0 Å². The number of carbonyl (C=O) groups excluding carboxylic acids is 2. The summed E-state index contributed by atoms with van der Waals surface area (Å²) < 4.78 is 37.3. The van der Waals surface area contributed by atoms with Gasteiger partial charge in [0.25, 0.3) is 0 Å². The van der Waals surface area contributed by atoms with Crippen molar-refractivity contribution < 1.29 is 37.4 Å². The van der Waals surface area contributed by atoms with Gasteiger partial charge in [-0.25, -0.2) is 4.79 Å². The fourth-order valence-electron chi connectivity index (χ4n) is 0.321. The average Bonchev–Trinajstić information content (AvgIpc) is 1.82. The molecule has 0 fully saturated rings. The molecule has 0 saturated heterocycles. The molecule has 0 aromatic heterocycles. The van der Waals surface area contributed by atoms with Crippen LogP contribution in [0, 0.1) is 0 Å². The fourth-order valence-corrected chi connectivity index (χ4v) is 0.321. The molecule has 0 unspecified atom stereocenters. The Balaban J connectivity index is 4.08. The normalized spacial score (nSPS) is 10.7. The van der Waals surface area contributed by atoms with E-state index in [1.807, 2.05) is 0 Å². The van der Waals surface area contributed by atoms with Crippen LogP contribution in [0.5, 0.6) is 0 Å². The van der Waals surface area contributed by atoms with Crippen LogP contribution in [0.25, 0.3) is 0 Å². The average molecular weight is 200 g/mol. The van der Waals surface area contributed by atoms with Crippen molar-refractivity contribution in [3.63, 3.8) is 0 Å². The first-order valence-corrected chi connectivity index (χ1v) is 2.77. The van der Waals surface area contributed by atoms with Gasteiger partial charge in [0, 0.05) is 0 Å². The molecule has 0 aliphatic carbocycles. The lowest BCUT2D eigenvalue weighted by Crippen LogP contribution is -2.28. The molecule has 0 bridgehead atoms. The van der Waals surface area contributed by atoms with Gasteiger partial charge in [0.1, 0.15) is 6.42 Å². The Hall–Kier alpha value is -1.60. The number of carboxylic acids is 1. The standard InChI is InChI=1S/C5H3F3O5/c6-5(7,8)4(12)13-3(11)1-2(9)10/h1H2,(H,9,10). The highest BCUT2D eigenvalue weighted by Gasteiger charge is 2.42. The lowest BCUT2D eigenvalue weighted by atomic mass is 10.4. The first kappa shape index (κ1) is 11.4. The smallest absolute Gasteiger partial charge is 0.481 e. The molecule has 0 aliphatic rings. The van der Waals surface area contributed by atoms with E-state index >= 15 is 0 Å². The maximum absolute atomic E-state index is 11.4. The van der Waals surface area contributed by atoms with E-state index in [2.05, 4.69) is 4.74 Å². The van der Waals surface area contributed by atoms with Gasteiger partial charge in [-0.2, -0.15) is 13.2 Å². The molecule has 0 radical (unpaired) electrons. The first-order valence-electron chi connectivity index (χ1n) is 2.77. The number of rotatable bonds is 2. The van der Waals surface area contributed by atoms with E-state index in [0.29, 0.717) is 0 Å². The molecule has 1 N–H and O–H groups in total. The van der Waals surface area contributed by atoms with Crippen LogP contribution in [-0.4, -0.2) is 29.2 Å². The van der Waals surface area contributed by atoms with Gasteiger partial charge in [-0.15, -0.1) is 0 Å². The third-order valence-corrected chi connectivity index (χ3v) is 0.734. The zero-order valence-corrected chi connectivity index (χ0v) is 5.92. The monoisotopic (exact) mass is 200 g/mol. The van der Waals surface area contributed by atoms with Crippen molar-refractivity contribution in [1.29, 1.82) is 0 Å². The molecule has 13 heavy (non-hydrogen) atoms. The van der Waals surface area contributed by atoms with Crippen LogP contribution in [0.2, 0.25) is 0 Å². The summed E-state index contributed by atoms with van der Waals surface area (Å²) in [7, 11) is 0. The molecule has 0 atom stereocenters. The molecule has 0 aromatic rings. The molecular weight excluding hydrogens is 197 g/mol. The summed E-state index contributed by atoms with van der Waals surface area (Å²) in [4.78, 5) is 29.8. The number of esters is 2. The minimum atomic E-state index is -5.30. The van der Waals surface area contributed by atoms with Crippen molar-refractivity contribution in [3.05, 3.63) is 0 Å². The molecule has 0 heterocycles. The quantitative estimate of drug-likeness (QED) is 0.504.